The van der Waals surface area contributed by atoms with Gasteiger partial charge in [-0.25, -0.2) is 0 Å². The van der Waals surface area contributed by atoms with Crippen molar-refractivity contribution in [2.45, 2.75) is 38.4 Å². The summed E-state index contributed by atoms with van der Waals surface area (Å²) in [5.41, 5.74) is 2.08. The molecule has 0 bridgehead atoms. The van der Waals surface area contributed by atoms with Gasteiger partial charge in [-0.05, 0) is 18.4 Å². The summed E-state index contributed by atoms with van der Waals surface area (Å²) in [6, 6.07) is 5.27. The van der Waals surface area contributed by atoms with Gasteiger partial charge in [0.05, 0.1) is 4.92 Å². The van der Waals surface area contributed by atoms with Crippen molar-refractivity contribution in [3.05, 3.63) is 39.4 Å². The average molecular weight is 300 g/mol. The molecule has 0 aliphatic rings. The van der Waals surface area contributed by atoms with E-state index in [1.165, 1.54) is 0 Å². The predicted octanol–water partition coefficient (Wildman–Crippen LogP) is 4.43. The van der Waals surface area contributed by atoms with E-state index in [0.717, 1.165) is 11.1 Å². The van der Waals surface area contributed by atoms with Crippen molar-refractivity contribution in [3.8, 4) is 0 Å². The van der Waals surface area contributed by atoms with Gasteiger partial charge in [-0.1, -0.05) is 48.8 Å². The van der Waals surface area contributed by atoms with E-state index in [1.807, 2.05) is 19.9 Å². The van der Waals surface area contributed by atoms with E-state index in [0.29, 0.717) is 5.92 Å². The van der Waals surface area contributed by atoms with Crippen LogP contribution in [-0.2, 0) is 0 Å². The summed E-state index contributed by atoms with van der Waals surface area (Å²) in [5.74, 6) is 0.501. The van der Waals surface area contributed by atoms with Crippen molar-refractivity contribution in [3.63, 3.8) is 0 Å². The molecule has 0 heterocycles. The lowest BCUT2D eigenvalue weighted by Crippen LogP contribution is -2.18. The van der Waals surface area contributed by atoms with Gasteiger partial charge in [-0.3, -0.25) is 10.1 Å². The molecule has 17 heavy (non-hydrogen) atoms. The van der Waals surface area contributed by atoms with Crippen LogP contribution < -0.4 is 0 Å². The van der Waals surface area contributed by atoms with Gasteiger partial charge < -0.3 is 0 Å². The van der Waals surface area contributed by atoms with E-state index in [1.54, 1.807) is 12.1 Å². The first-order valence-corrected chi connectivity index (χ1v) is 6.65. The number of aryl methyl sites for hydroxylation is 1. The van der Waals surface area contributed by atoms with Crippen LogP contribution in [0.4, 0.5) is 5.69 Å². The highest BCUT2D eigenvalue weighted by Crippen LogP contribution is 2.38. The van der Waals surface area contributed by atoms with E-state index < -0.39 is 0 Å². The highest BCUT2D eigenvalue weighted by atomic mass is 79.9. The zero-order chi connectivity index (χ0) is 13.2. The standard InChI is InChI=1S/C13H18BrNO2/c1-8(2)12(10(4)14)13-9(3)6-5-7-11(13)15(16)17/h5-8,10,12H,1-4H3. The van der Waals surface area contributed by atoms with E-state index in [9.17, 15) is 10.1 Å². The van der Waals surface area contributed by atoms with Crippen molar-refractivity contribution in [1.82, 2.24) is 0 Å². The fourth-order valence-corrected chi connectivity index (χ4v) is 3.23. The van der Waals surface area contributed by atoms with Gasteiger partial charge in [0.2, 0.25) is 0 Å². The predicted molar refractivity (Wildman–Crippen MR) is 73.8 cm³/mol. The number of alkyl halides is 1. The molecule has 0 aliphatic carbocycles. The molecule has 94 valence electrons. The monoisotopic (exact) mass is 299 g/mol. The van der Waals surface area contributed by atoms with Gasteiger partial charge in [0.1, 0.15) is 0 Å². The van der Waals surface area contributed by atoms with Crippen LogP contribution in [0.25, 0.3) is 0 Å². The van der Waals surface area contributed by atoms with Crippen LogP contribution in [-0.4, -0.2) is 9.75 Å². The fraction of sp³-hybridized carbons (Fsp3) is 0.538. The van der Waals surface area contributed by atoms with Crippen LogP contribution >= 0.6 is 15.9 Å². The maximum Gasteiger partial charge on any atom is 0.273 e. The van der Waals surface area contributed by atoms with Crippen molar-refractivity contribution < 1.29 is 4.92 Å². The Hall–Kier alpha value is -0.900. The number of hydrogen-bond donors (Lipinski definition) is 0. The van der Waals surface area contributed by atoms with E-state index in [4.69, 9.17) is 0 Å². The largest absolute Gasteiger partial charge is 0.273 e. The summed E-state index contributed by atoms with van der Waals surface area (Å²) in [6.07, 6.45) is 0. The summed E-state index contributed by atoms with van der Waals surface area (Å²) < 4.78 is 0. The molecule has 0 saturated carbocycles. The van der Waals surface area contributed by atoms with Crippen molar-refractivity contribution in [2.75, 3.05) is 0 Å². The minimum Gasteiger partial charge on any atom is -0.258 e. The smallest absolute Gasteiger partial charge is 0.258 e. The topological polar surface area (TPSA) is 43.1 Å². The summed E-state index contributed by atoms with van der Waals surface area (Å²) in [6.45, 7) is 8.17. The minimum absolute atomic E-state index is 0.150. The average Bonchev–Trinajstić information content (AvgIpc) is 2.19. The van der Waals surface area contributed by atoms with Gasteiger partial charge in [0.25, 0.3) is 5.69 Å². The third-order valence-electron chi connectivity index (χ3n) is 3.04. The first kappa shape index (κ1) is 14.2. The molecule has 1 aromatic rings. The Morgan fingerprint density at radius 2 is 1.88 bits per heavy atom. The van der Waals surface area contributed by atoms with E-state index in [2.05, 4.69) is 29.8 Å². The fourth-order valence-electron chi connectivity index (χ4n) is 2.35. The summed E-state index contributed by atoms with van der Waals surface area (Å²) >= 11 is 3.57. The van der Waals surface area contributed by atoms with E-state index >= 15 is 0 Å². The number of benzene rings is 1. The zero-order valence-corrected chi connectivity index (χ0v) is 12.2. The second kappa shape index (κ2) is 5.63. The molecule has 0 N–H and O–H groups in total. The lowest BCUT2D eigenvalue weighted by Gasteiger charge is -2.25. The third kappa shape index (κ3) is 3.06. The molecule has 3 nitrogen and oxygen atoms in total. The molecule has 0 amide bonds. The minimum atomic E-state index is -0.285. The Bertz CT molecular complexity index is 408. The van der Waals surface area contributed by atoms with Crippen LogP contribution in [0.1, 0.15) is 37.8 Å². The Kier molecular flexibility index (Phi) is 4.69. The van der Waals surface area contributed by atoms with Gasteiger partial charge >= 0.3 is 0 Å². The van der Waals surface area contributed by atoms with Crippen molar-refractivity contribution in [1.29, 1.82) is 0 Å². The van der Waals surface area contributed by atoms with Crippen LogP contribution in [0.15, 0.2) is 18.2 Å². The molecular weight excluding hydrogens is 282 g/mol. The highest BCUT2D eigenvalue weighted by molar-refractivity contribution is 9.09. The van der Waals surface area contributed by atoms with Gasteiger partial charge in [-0.2, -0.15) is 0 Å². The van der Waals surface area contributed by atoms with Gasteiger partial charge in [0.15, 0.2) is 0 Å². The van der Waals surface area contributed by atoms with Crippen LogP contribution in [0.3, 0.4) is 0 Å². The molecule has 1 aromatic carbocycles. The molecule has 0 aliphatic heterocycles. The number of nitrogens with zero attached hydrogens (tertiary/aromatic N) is 1. The maximum absolute atomic E-state index is 11.1. The van der Waals surface area contributed by atoms with Crippen molar-refractivity contribution in [2.24, 2.45) is 5.92 Å². The number of nitro benzene ring substituents is 1. The Labute approximate surface area is 111 Å². The third-order valence-corrected chi connectivity index (χ3v) is 3.61. The summed E-state index contributed by atoms with van der Waals surface area (Å²) in [5, 5.41) is 11.1. The number of rotatable bonds is 4. The van der Waals surface area contributed by atoms with Crippen LogP contribution in [0.2, 0.25) is 0 Å². The second-order valence-corrected chi connectivity index (χ2v) is 6.16. The Balaban J connectivity index is 3.40. The Morgan fingerprint density at radius 1 is 1.29 bits per heavy atom. The molecule has 2 atom stereocenters. The lowest BCUT2D eigenvalue weighted by molar-refractivity contribution is -0.385. The van der Waals surface area contributed by atoms with Crippen molar-refractivity contribution >= 4 is 21.6 Å². The molecule has 1 rings (SSSR count). The lowest BCUT2D eigenvalue weighted by atomic mass is 9.83. The molecule has 0 saturated heterocycles. The van der Waals surface area contributed by atoms with Crippen LogP contribution in [0, 0.1) is 23.0 Å². The molecular formula is C13H18BrNO2. The molecule has 0 spiro atoms. The SMILES string of the molecule is Cc1cccc([N+](=O)[O-])c1C(C(C)C)C(C)Br. The summed E-state index contributed by atoms with van der Waals surface area (Å²) in [4.78, 5) is 11.0. The zero-order valence-electron chi connectivity index (χ0n) is 10.6. The normalized spacial score (nSPS) is 14.7. The number of nitro groups is 1. The molecule has 0 fully saturated rings. The van der Waals surface area contributed by atoms with Gasteiger partial charge in [-0.15, -0.1) is 0 Å². The second-order valence-electron chi connectivity index (χ2n) is 4.71. The quantitative estimate of drug-likeness (QED) is 0.469. The summed E-state index contributed by atoms with van der Waals surface area (Å²) in [7, 11) is 0. The van der Waals surface area contributed by atoms with Crippen LogP contribution in [0.5, 0.6) is 0 Å². The molecule has 2 unspecified atom stereocenters. The molecule has 0 aromatic heterocycles. The van der Waals surface area contributed by atoms with E-state index in [-0.39, 0.29) is 21.4 Å². The Morgan fingerprint density at radius 3 is 2.29 bits per heavy atom. The molecule has 0 radical (unpaired) electrons. The molecule has 4 heteroatoms. The number of halogens is 1. The first-order valence-electron chi connectivity index (χ1n) is 5.74. The maximum atomic E-state index is 11.1. The van der Waals surface area contributed by atoms with Gasteiger partial charge in [0, 0.05) is 22.4 Å². The first-order chi connectivity index (χ1) is 7.86. The number of hydrogen-bond acceptors (Lipinski definition) is 2. The highest BCUT2D eigenvalue weighted by Gasteiger charge is 2.29.